The molecule has 1 aromatic heterocycles. The molecule has 0 aliphatic heterocycles. The molecule has 1 heterocycles. The highest BCUT2D eigenvalue weighted by Gasteiger charge is 2.15. The lowest BCUT2D eigenvalue weighted by atomic mass is 10.2. The maximum absolute atomic E-state index is 12.3. The molecule has 2 rings (SSSR count). The number of para-hydroxylation sites is 1. The van der Waals surface area contributed by atoms with E-state index < -0.39 is 29.7 Å². The molecule has 8 nitrogen and oxygen atoms in total. The number of carbonyl (C=O) groups is 2. The Morgan fingerprint density at radius 1 is 1.27 bits per heavy atom. The fraction of sp³-hybridized carbons (Fsp3) is 0.286. The highest BCUT2D eigenvalue weighted by Crippen LogP contribution is 2.03. The van der Waals surface area contributed by atoms with Gasteiger partial charge in [0.1, 0.15) is 6.54 Å². The number of carboxylic acids is 1. The van der Waals surface area contributed by atoms with Gasteiger partial charge in [0.25, 0.3) is 5.56 Å². The molecule has 0 saturated heterocycles. The summed E-state index contributed by atoms with van der Waals surface area (Å²) in [4.78, 5) is 50.4. The zero-order valence-electron chi connectivity index (χ0n) is 11.9. The van der Waals surface area contributed by atoms with Crippen LogP contribution in [0.5, 0.6) is 0 Å². The summed E-state index contributed by atoms with van der Waals surface area (Å²) >= 11 is 0. The van der Waals surface area contributed by atoms with Crippen LogP contribution in [0.4, 0.5) is 0 Å². The number of nitrogens with zero attached hydrogens (tertiary/aromatic N) is 2. The van der Waals surface area contributed by atoms with E-state index in [2.05, 4.69) is 4.98 Å². The van der Waals surface area contributed by atoms with Crippen molar-refractivity contribution in [3.8, 4) is 0 Å². The number of carboxylic acid groups (broad SMARTS) is 1. The molecule has 0 unspecified atom stereocenters. The molecule has 2 aromatic rings. The van der Waals surface area contributed by atoms with Crippen molar-refractivity contribution in [2.75, 3.05) is 13.6 Å². The molecule has 116 valence electrons. The van der Waals surface area contributed by atoms with Crippen LogP contribution < -0.4 is 11.2 Å². The van der Waals surface area contributed by atoms with Gasteiger partial charge in [-0.2, -0.15) is 0 Å². The average molecular weight is 305 g/mol. The van der Waals surface area contributed by atoms with Crippen LogP contribution in [0.15, 0.2) is 33.9 Å². The van der Waals surface area contributed by atoms with Crippen LogP contribution in [0.1, 0.15) is 6.42 Å². The quantitative estimate of drug-likeness (QED) is 0.782. The summed E-state index contributed by atoms with van der Waals surface area (Å²) in [5.41, 5.74) is -0.830. The summed E-state index contributed by atoms with van der Waals surface area (Å²) in [5.74, 6) is -1.54. The third-order valence-electron chi connectivity index (χ3n) is 3.27. The molecule has 0 aliphatic rings. The zero-order valence-corrected chi connectivity index (χ0v) is 11.9. The first-order chi connectivity index (χ1) is 10.4. The normalized spacial score (nSPS) is 10.6. The highest BCUT2D eigenvalue weighted by molar-refractivity contribution is 5.79. The monoisotopic (exact) mass is 305 g/mol. The minimum atomic E-state index is -1.03. The predicted molar refractivity (Wildman–Crippen MR) is 78.7 cm³/mol. The van der Waals surface area contributed by atoms with E-state index in [9.17, 15) is 19.2 Å². The molecule has 2 N–H and O–H groups in total. The summed E-state index contributed by atoms with van der Waals surface area (Å²) in [6, 6.07) is 6.51. The molecule has 0 spiro atoms. The number of aromatic amines is 1. The van der Waals surface area contributed by atoms with Crippen molar-refractivity contribution in [3.63, 3.8) is 0 Å². The van der Waals surface area contributed by atoms with E-state index in [1.807, 2.05) is 0 Å². The van der Waals surface area contributed by atoms with Crippen molar-refractivity contribution < 1.29 is 14.7 Å². The summed E-state index contributed by atoms with van der Waals surface area (Å²) in [5, 5.41) is 8.90. The average Bonchev–Trinajstić information content (AvgIpc) is 2.48. The Kier molecular flexibility index (Phi) is 4.40. The van der Waals surface area contributed by atoms with Crippen molar-refractivity contribution >= 4 is 22.8 Å². The molecular formula is C14H15N3O5. The van der Waals surface area contributed by atoms with Crippen molar-refractivity contribution in [2.24, 2.45) is 0 Å². The minimum absolute atomic E-state index is 0.00834. The molecule has 1 amide bonds. The van der Waals surface area contributed by atoms with E-state index in [4.69, 9.17) is 5.11 Å². The highest BCUT2D eigenvalue weighted by atomic mass is 16.4. The largest absolute Gasteiger partial charge is 0.481 e. The Balaban J connectivity index is 2.28. The first-order valence-corrected chi connectivity index (χ1v) is 6.58. The number of hydrogen-bond acceptors (Lipinski definition) is 4. The number of aliphatic carboxylic acids is 1. The molecule has 0 saturated carbocycles. The second kappa shape index (κ2) is 6.25. The Bertz CT molecular complexity index is 836. The van der Waals surface area contributed by atoms with Gasteiger partial charge < -0.3 is 15.0 Å². The third-order valence-corrected chi connectivity index (χ3v) is 3.27. The maximum Gasteiger partial charge on any atom is 0.329 e. The molecule has 0 bridgehead atoms. The van der Waals surface area contributed by atoms with Crippen LogP contribution in [0, 0.1) is 0 Å². The second-order valence-corrected chi connectivity index (χ2v) is 4.83. The first-order valence-electron chi connectivity index (χ1n) is 6.58. The van der Waals surface area contributed by atoms with Crippen LogP contribution in [-0.4, -0.2) is 45.0 Å². The molecular weight excluding hydrogens is 290 g/mol. The number of aromatic nitrogens is 2. The topological polar surface area (TPSA) is 112 Å². The zero-order chi connectivity index (χ0) is 16.3. The number of rotatable bonds is 5. The number of nitrogens with one attached hydrogen (secondary N) is 1. The van der Waals surface area contributed by atoms with Crippen LogP contribution in [0.3, 0.4) is 0 Å². The number of likely N-dealkylation sites (N-methyl/N-ethyl adjacent to an activating group) is 1. The van der Waals surface area contributed by atoms with Crippen LogP contribution in [0.2, 0.25) is 0 Å². The van der Waals surface area contributed by atoms with Crippen molar-refractivity contribution in [1.29, 1.82) is 0 Å². The molecule has 0 fully saturated rings. The van der Waals surface area contributed by atoms with Crippen LogP contribution in [-0.2, 0) is 16.1 Å². The van der Waals surface area contributed by atoms with E-state index in [1.165, 1.54) is 11.9 Å². The molecule has 22 heavy (non-hydrogen) atoms. The van der Waals surface area contributed by atoms with E-state index >= 15 is 0 Å². The van der Waals surface area contributed by atoms with E-state index in [-0.39, 0.29) is 13.0 Å². The fourth-order valence-corrected chi connectivity index (χ4v) is 1.99. The number of amides is 1. The van der Waals surface area contributed by atoms with Gasteiger partial charge in [0.05, 0.1) is 17.3 Å². The van der Waals surface area contributed by atoms with Gasteiger partial charge in [-0.15, -0.1) is 0 Å². The van der Waals surface area contributed by atoms with Crippen LogP contribution in [0.25, 0.3) is 10.9 Å². The predicted octanol–water partition coefficient (Wildman–Crippen LogP) is -0.377. The third kappa shape index (κ3) is 3.22. The summed E-state index contributed by atoms with van der Waals surface area (Å²) in [7, 11) is 1.42. The lowest BCUT2D eigenvalue weighted by molar-refractivity contribution is -0.138. The summed E-state index contributed by atoms with van der Waals surface area (Å²) < 4.78 is 0.807. The lowest BCUT2D eigenvalue weighted by Crippen LogP contribution is -2.41. The Morgan fingerprint density at radius 2 is 1.95 bits per heavy atom. The Morgan fingerprint density at radius 3 is 2.64 bits per heavy atom. The Labute approximate surface area is 124 Å². The first kappa shape index (κ1) is 15.5. The standard InChI is InChI=1S/C14H15N3O5/c1-16(7-6-12(19)20)11(18)8-17-13(21)9-4-2-3-5-10(9)15-14(17)22/h2-5H,6-8H2,1H3,(H,15,22)(H,19,20). The number of hydrogen-bond donors (Lipinski definition) is 2. The summed E-state index contributed by atoms with van der Waals surface area (Å²) in [6.45, 7) is -0.427. The van der Waals surface area contributed by atoms with Crippen molar-refractivity contribution in [2.45, 2.75) is 13.0 Å². The molecule has 0 radical (unpaired) electrons. The molecule has 0 atom stereocenters. The second-order valence-electron chi connectivity index (χ2n) is 4.83. The summed E-state index contributed by atoms with van der Waals surface area (Å²) in [6.07, 6.45) is -0.203. The number of H-pyrrole nitrogens is 1. The van der Waals surface area contributed by atoms with Crippen molar-refractivity contribution in [1.82, 2.24) is 14.5 Å². The maximum atomic E-state index is 12.3. The Hall–Kier alpha value is -2.90. The van der Waals surface area contributed by atoms with E-state index in [1.54, 1.807) is 24.3 Å². The lowest BCUT2D eigenvalue weighted by Gasteiger charge is -2.16. The number of benzene rings is 1. The van der Waals surface area contributed by atoms with E-state index in [0.717, 1.165) is 4.57 Å². The van der Waals surface area contributed by atoms with Gasteiger partial charge in [-0.1, -0.05) is 12.1 Å². The molecule has 0 aliphatic carbocycles. The van der Waals surface area contributed by atoms with Gasteiger partial charge in [0.15, 0.2) is 0 Å². The van der Waals surface area contributed by atoms with Crippen LogP contribution >= 0.6 is 0 Å². The van der Waals surface area contributed by atoms with Gasteiger partial charge in [0.2, 0.25) is 5.91 Å². The van der Waals surface area contributed by atoms with Gasteiger partial charge >= 0.3 is 11.7 Å². The number of carbonyl (C=O) groups excluding carboxylic acids is 1. The minimum Gasteiger partial charge on any atom is -0.481 e. The number of fused-ring (bicyclic) bond motifs is 1. The van der Waals surface area contributed by atoms with Gasteiger partial charge in [-0.3, -0.25) is 19.0 Å². The van der Waals surface area contributed by atoms with Gasteiger partial charge in [0, 0.05) is 13.6 Å². The molecule has 1 aromatic carbocycles. The fourth-order valence-electron chi connectivity index (χ4n) is 1.99. The van der Waals surface area contributed by atoms with Gasteiger partial charge in [-0.05, 0) is 12.1 Å². The van der Waals surface area contributed by atoms with E-state index in [0.29, 0.717) is 10.9 Å². The SMILES string of the molecule is CN(CCC(=O)O)C(=O)Cn1c(=O)[nH]c2ccccc2c1=O. The molecule has 8 heteroatoms. The van der Waals surface area contributed by atoms with Crippen molar-refractivity contribution in [3.05, 3.63) is 45.1 Å². The van der Waals surface area contributed by atoms with Gasteiger partial charge in [-0.25, -0.2) is 4.79 Å². The smallest absolute Gasteiger partial charge is 0.329 e.